The summed E-state index contributed by atoms with van der Waals surface area (Å²) in [7, 11) is 3.71. The molecule has 0 spiro atoms. The van der Waals surface area contributed by atoms with E-state index in [1.54, 1.807) is 30.6 Å². The number of rotatable bonds is 9. The van der Waals surface area contributed by atoms with Crippen molar-refractivity contribution in [2.24, 2.45) is 4.99 Å². The van der Waals surface area contributed by atoms with Crippen molar-refractivity contribution in [3.05, 3.63) is 65.0 Å². The van der Waals surface area contributed by atoms with Gasteiger partial charge in [0.2, 0.25) is 0 Å². The molecule has 0 atom stereocenters. The van der Waals surface area contributed by atoms with Gasteiger partial charge >= 0.3 is 0 Å². The van der Waals surface area contributed by atoms with E-state index in [1.165, 1.54) is 17.7 Å². The second kappa shape index (κ2) is 12.8. The van der Waals surface area contributed by atoms with E-state index in [0.717, 1.165) is 78.7 Å². The maximum atomic E-state index is 13.4. The number of thiazole rings is 1. The molecule has 1 N–H and O–H groups in total. The topological polar surface area (TPSA) is 78.5 Å². The van der Waals surface area contributed by atoms with Crippen LogP contribution in [0.1, 0.15) is 49.8 Å². The van der Waals surface area contributed by atoms with Gasteiger partial charge in [0, 0.05) is 50.4 Å². The third-order valence-electron chi connectivity index (χ3n) is 7.49. The molecular weight excluding hydrogens is 527 g/mol. The minimum Gasteiger partial charge on any atom is -0.468 e. The molecule has 1 saturated heterocycles. The van der Waals surface area contributed by atoms with Crippen molar-refractivity contribution in [2.45, 2.75) is 44.9 Å². The SMILES string of the molecule is CCc1nc2ccc(C3CCN(/C(=N/CCCCO)OC)CC3)cn2c1N(C)c1nc(-c2ccc(F)cc2)cs1. The second-order valence-corrected chi connectivity index (χ2v) is 10.9. The van der Waals surface area contributed by atoms with E-state index < -0.39 is 0 Å². The van der Waals surface area contributed by atoms with Crippen molar-refractivity contribution in [1.29, 1.82) is 0 Å². The number of imidazole rings is 1. The largest absolute Gasteiger partial charge is 0.468 e. The molecule has 1 aliphatic heterocycles. The Labute approximate surface area is 238 Å². The molecule has 0 bridgehead atoms. The number of halogens is 1. The minimum atomic E-state index is -0.252. The average Bonchev–Trinajstić information content (AvgIpc) is 3.62. The number of aromatic nitrogens is 3. The molecule has 0 aliphatic carbocycles. The minimum absolute atomic E-state index is 0.197. The number of methoxy groups -OCH3 is 1. The maximum absolute atomic E-state index is 13.4. The first-order valence-corrected chi connectivity index (χ1v) is 14.8. The van der Waals surface area contributed by atoms with E-state index >= 15 is 0 Å². The van der Waals surface area contributed by atoms with Crippen LogP contribution in [0.5, 0.6) is 0 Å². The molecule has 0 radical (unpaired) electrons. The second-order valence-electron chi connectivity index (χ2n) is 10.1. The Hall–Kier alpha value is -3.50. The van der Waals surface area contributed by atoms with E-state index in [-0.39, 0.29) is 12.4 Å². The highest BCUT2D eigenvalue weighted by Crippen LogP contribution is 2.35. The van der Waals surface area contributed by atoms with Crippen LogP contribution in [0.25, 0.3) is 16.9 Å². The summed E-state index contributed by atoms with van der Waals surface area (Å²) in [5, 5.41) is 11.9. The fraction of sp³-hybridized carbons (Fsp3) is 0.433. The summed E-state index contributed by atoms with van der Waals surface area (Å²) in [5.74, 6) is 1.20. The number of nitrogens with zero attached hydrogens (tertiary/aromatic N) is 6. The van der Waals surface area contributed by atoms with E-state index in [9.17, 15) is 4.39 Å². The number of piperidine rings is 1. The van der Waals surface area contributed by atoms with Crippen LogP contribution in [0.15, 0.2) is 53.0 Å². The van der Waals surface area contributed by atoms with Crippen LogP contribution in [-0.4, -0.2) is 70.8 Å². The molecule has 5 rings (SSSR count). The molecule has 4 aromatic rings. The first kappa shape index (κ1) is 28.0. The Morgan fingerprint density at radius 2 is 1.93 bits per heavy atom. The monoisotopic (exact) mass is 564 g/mol. The predicted molar refractivity (Wildman–Crippen MR) is 159 cm³/mol. The van der Waals surface area contributed by atoms with Crippen molar-refractivity contribution in [1.82, 2.24) is 19.3 Å². The van der Waals surface area contributed by atoms with Crippen molar-refractivity contribution < 1.29 is 14.2 Å². The fourth-order valence-corrected chi connectivity index (χ4v) is 6.09. The van der Waals surface area contributed by atoms with Crippen LogP contribution < -0.4 is 4.90 Å². The average molecular weight is 565 g/mol. The van der Waals surface area contributed by atoms with Crippen LogP contribution >= 0.6 is 11.3 Å². The van der Waals surface area contributed by atoms with Gasteiger partial charge in [-0.25, -0.2) is 19.4 Å². The molecule has 1 fully saturated rings. The Bertz CT molecular complexity index is 1440. The molecule has 0 unspecified atom stereocenters. The number of benzene rings is 1. The number of aryl methyl sites for hydroxylation is 1. The Balaban J connectivity index is 1.35. The van der Waals surface area contributed by atoms with Crippen molar-refractivity contribution in [3.63, 3.8) is 0 Å². The molecule has 1 aliphatic rings. The maximum Gasteiger partial charge on any atom is 0.286 e. The number of amidine groups is 1. The van der Waals surface area contributed by atoms with Gasteiger partial charge in [-0.1, -0.05) is 13.0 Å². The summed E-state index contributed by atoms with van der Waals surface area (Å²) >= 11 is 1.57. The highest BCUT2D eigenvalue weighted by Gasteiger charge is 2.25. The molecule has 10 heteroatoms. The highest BCUT2D eigenvalue weighted by atomic mass is 32.1. The van der Waals surface area contributed by atoms with Gasteiger partial charge in [0.15, 0.2) is 5.13 Å². The van der Waals surface area contributed by atoms with Gasteiger partial charge in [0.25, 0.3) is 6.02 Å². The number of ether oxygens (including phenoxy) is 1. The summed E-state index contributed by atoms with van der Waals surface area (Å²) in [6.07, 6.45) is 6.69. The molecule has 1 aromatic carbocycles. The van der Waals surface area contributed by atoms with E-state index in [0.29, 0.717) is 18.5 Å². The van der Waals surface area contributed by atoms with Gasteiger partial charge in [-0.3, -0.25) is 4.40 Å². The molecule has 40 heavy (non-hydrogen) atoms. The van der Waals surface area contributed by atoms with Crippen LogP contribution in [0.4, 0.5) is 15.3 Å². The first-order chi connectivity index (χ1) is 19.5. The number of aliphatic imine (C=N–C) groups is 1. The zero-order valence-electron chi connectivity index (χ0n) is 23.4. The van der Waals surface area contributed by atoms with Gasteiger partial charge in [0.1, 0.15) is 17.3 Å². The third kappa shape index (κ3) is 5.97. The Kier molecular flexibility index (Phi) is 8.96. The highest BCUT2D eigenvalue weighted by molar-refractivity contribution is 7.14. The summed E-state index contributed by atoms with van der Waals surface area (Å²) in [5.41, 5.74) is 4.97. The summed E-state index contributed by atoms with van der Waals surface area (Å²) in [6, 6.07) is 11.5. The van der Waals surface area contributed by atoms with E-state index in [4.69, 9.17) is 19.8 Å². The number of unbranched alkanes of at least 4 members (excludes halogenated alkanes) is 1. The molecule has 212 valence electrons. The van der Waals surface area contributed by atoms with Crippen LogP contribution in [0, 0.1) is 5.82 Å². The fourth-order valence-electron chi connectivity index (χ4n) is 5.29. The molecule has 3 aromatic heterocycles. The summed E-state index contributed by atoms with van der Waals surface area (Å²) in [4.78, 5) is 18.7. The van der Waals surface area contributed by atoms with E-state index in [2.05, 4.69) is 44.4 Å². The van der Waals surface area contributed by atoms with Gasteiger partial charge in [-0.2, -0.15) is 0 Å². The quantitative estimate of drug-likeness (QED) is 0.155. The lowest BCUT2D eigenvalue weighted by Crippen LogP contribution is -2.39. The summed E-state index contributed by atoms with van der Waals surface area (Å²) in [6.45, 7) is 4.76. The molecule has 8 nitrogen and oxygen atoms in total. The van der Waals surface area contributed by atoms with Crippen LogP contribution in [0.3, 0.4) is 0 Å². The number of hydrogen-bond acceptors (Lipinski definition) is 7. The molecule has 0 saturated carbocycles. The van der Waals surface area contributed by atoms with Crippen LogP contribution in [0.2, 0.25) is 0 Å². The first-order valence-electron chi connectivity index (χ1n) is 13.9. The number of likely N-dealkylation sites (tertiary alicyclic amines) is 1. The number of fused-ring (bicyclic) bond motifs is 1. The van der Waals surface area contributed by atoms with Gasteiger partial charge in [-0.15, -0.1) is 11.3 Å². The standard InChI is InChI=1S/C30H37FN6O2S/c1-4-25-28(35(2)30-34-26(20-40-30)22-7-10-24(31)11-8-22)37-19-23(9-12-27(37)33-25)21-13-16-36(17-14-21)29(39-3)32-15-5-6-18-38/h7-12,19-21,38H,4-6,13-18H2,1-3H3/b32-29-. The van der Waals surface area contributed by atoms with E-state index in [1.807, 2.05) is 12.4 Å². The lowest BCUT2D eigenvalue weighted by molar-refractivity contribution is 0.237. The zero-order chi connectivity index (χ0) is 28.1. The number of hydrogen-bond donors (Lipinski definition) is 1. The number of anilines is 2. The molecular formula is C30H37FN6O2S. The van der Waals surface area contributed by atoms with Gasteiger partial charge in [-0.05, 0) is 73.9 Å². The number of pyridine rings is 1. The summed E-state index contributed by atoms with van der Waals surface area (Å²) < 4.78 is 21.2. The Morgan fingerprint density at radius 1 is 1.15 bits per heavy atom. The van der Waals surface area contributed by atoms with Crippen molar-refractivity contribution in [3.8, 4) is 11.3 Å². The lowest BCUT2D eigenvalue weighted by Gasteiger charge is -2.33. The third-order valence-corrected chi connectivity index (χ3v) is 8.41. The smallest absolute Gasteiger partial charge is 0.286 e. The number of aliphatic hydroxyl groups is 1. The normalized spacial score (nSPS) is 14.7. The van der Waals surface area contributed by atoms with Crippen molar-refractivity contribution >= 4 is 34.0 Å². The zero-order valence-corrected chi connectivity index (χ0v) is 24.2. The van der Waals surface area contributed by atoms with Crippen LogP contribution in [-0.2, 0) is 11.2 Å². The molecule has 0 amide bonds. The molecule has 4 heterocycles. The Morgan fingerprint density at radius 3 is 2.62 bits per heavy atom. The van der Waals surface area contributed by atoms with Gasteiger partial charge in [0.05, 0.1) is 18.5 Å². The predicted octanol–water partition coefficient (Wildman–Crippen LogP) is 5.88. The lowest BCUT2D eigenvalue weighted by atomic mass is 9.90. The van der Waals surface area contributed by atoms with Gasteiger partial charge < -0.3 is 19.6 Å². The number of aliphatic hydroxyl groups excluding tert-OH is 1. The van der Waals surface area contributed by atoms with Crippen molar-refractivity contribution in [2.75, 3.05) is 45.3 Å².